The predicted molar refractivity (Wildman–Crippen MR) is 315 cm³/mol. The maximum absolute atomic E-state index is 2.73. The molecular formula is C68H82BN3. The maximum atomic E-state index is 2.73. The zero-order valence-electron chi connectivity index (χ0n) is 47.6. The van der Waals surface area contributed by atoms with Gasteiger partial charge < -0.3 is 14.7 Å². The number of fused-ring (bicyclic) bond motifs is 5. The first-order chi connectivity index (χ1) is 33.6. The second-order valence-electron chi connectivity index (χ2n) is 26.9. The van der Waals surface area contributed by atoms with Crippen molar-refractivity contribution in [2.24, 2.45) is 0 Å². The fourth-order valence-electron chi connectivity index (χ4n) is 12.9. The summed E-state index contributed by atoms with van der Waals surface area (Å²) >= 11 is 0. The van der Waals surface area contributed by atoms with E-state index < -0.39 is 0 Å². The molecule has 6 aromatic carbocycles. The lowest BCUT2D eigenvalue weighted by Gasteiger charge is -2.48. The van der Waals surface area contributed by atoms with Gasteiger partial charge in [0.25, 0.3) is 6.71 Å². The number of para-hydroxylation sites is 1. The van der Waals surface area contributed by atoms with Crippen molar-refractivity contribution in [1.82, 2.24) is 0 Å². The highest BCUT2D eigenvalue weighted by molar-refractivity contribution is 7.00. The van der Waals surface area contributed by atoms with E-state index in [1.165, 1.54) is 142 Å². The molecule has 0 aromatic heterocycles. The molecule has 0 radical (unpaired) electrons. The number of anilines is 8. The number of benzene rings is 6. The number of hydrogen-bond acceptors (Lipinski definition) is 3. The van der Waals surface area contributed by atoms with Gasteiger partial charge in [-0.15, -0.1) is 0 Å². The zero-order chi connectivity index (χ0) is 51.9. The zero-order valence-corrected chi connectivity index (χ0v) is 47.6. The number of nitrogens with zero attached hydrogens (tertiary/aromatic N) is 3. The third kappa shape index (κ3) is 8.09. The van der Waals surface area contributed by atoms with Crippen LogP contribution in [-0.4, -0.2) is 6.71 Å². The molecule has 10 rings (SSSR count). The Balaban J connectivity index is 1.35. The van der Waals surface area contributed by atoms with Crippen molar-refractivity contribution in [1.29, 1.82) is 0 Å². The first kappa shape index (κ1) is 49.8. The molecule has 0 spiro atoms. The molecule has 0 fully saturated rings. The van der Waals surface area contributed by atoms with E-state index in [0.717, 1.165) is 12.8 Å². The molecule has 0 bridgehead atoms. The third-order valence-corrected chi connectivity index (χ3v) is 17.2. The normalized spacial score (nSPS) is 16.8. The average Bonchev–Trinajstić information content (AvgIpc) is 3.28. The van der Waals surface area contributed by atoms with Crippen LogP contribution >= 0.6 is 0 Å². The largest absolute Gasteiger partial charge is 0.311 e. The second kappa shape index (κ2) is 16.9. The fraction of sp³-hybridized carbons (Fsp3) is 0.412. The van der Waals surface area contributed by atoms with Crippen molar-refractivity contribution < 1.29 is 0 Å². The second-order valence-corrected chi connectivity index (χ2v) is 26.9. The molecule has 2 aliphatic heterocycles. The number of hydrogen-bond donors (Lipinski definition) is 0. The first-order valence-corrected chi connectivity index (χ1v) is 27.2. The van der Waals surface area contributed by atoms with Crippen molar-refractivity contribution >= 4 is 68.6 Å². The van der Waals surface area contributed by atoms with Crippen molar-refractivity contribution in [3.63, 3.8) is 0 Å². The van der Waals surface area contributed by atoms with Crippen LogP contribution in [0.25, 0.3) is 0 Å². The van der Waals surface area contributed by atoms with Crippen LogP contribution in [0.4, 0.5) is 45.5 Å². The minimum atomic E-state index is -0.130. The van der Waals surface area contributed by atoms with Crippen molar-refractivity contribution in [3.8, 4) is 0 Å². The summed E-state index contributed by atoms with van der Waals surface area (Å²) in [6, 6.07) is 34.7. The minimum Gasteiger partial charge on any atom is -0.311 e. The fourth-order valence-corrected chi connectivity index (χ4v) is 12.9. The van der Waals surface area contributed by atoms with Crippen molar-refractivity contribution in [2.75, 3.05) is 14.7 Å². The highest BCUT2D eigenvalue weighted by atomic mass is 15.2. The van der Waals surface area contributed by atoms with Gasteiger partial charge in [-0.2, -0.15) is 0 Å². The molecule has 0 amide bonds. The van der Waals surface area contributed by atoms with E-state index in [9.17, 15) is 0 Å². The Morgan fingerprint density at radius 3 is 1.46 bits per heavy atom. The highest BCUT2D eigenvalue weighted by Crippen LogP contribution is 2.53. The van der Waals surface area contributed by atoms with Gasteiger partial charge in [-0.1, -0.05) is 157 Å². The molecule has 4 heteroatoms. The lowest BCUT2D eigenvalue weighted by molar-refractivity contribution is 0.332. The maximum Gasteiger partial charge on any atom is 0.252 e. The van der Waals surface area contributed by atoms with Gasteiger partial charge in [-0.25, -0.2) is 0 Å². The molecule has 0 saturated heterocycles. The molecule has 372 valence electrons. The molecule has 6 aromatic rings. The van der Waals surface area contributed by atoms with E-state index in [4.69, 9.17) is 0 Å². The predicted octanol–water partition coefficient (Wildman–Crippen LogP) is 17.2. The summed E-state index contributed by atoms with van der Waals surface area (Å²) in [5.74, 6) is 0. The van der Waals surface area contributed by atoms with E-state index in [0.29, 0.717) is 0 Å². The Hall–Kier alpha value is -5.74. The van der Waals surface area contributed by atoms with Gasteiger partial charge in [0, 0.05) is 34.1 Å². The van der Waals surface area contributed by atoms with Gasteiger partial charge >= 0.3 is 0 Å². The Morgan fingerprint density at radius 2 is 0.958 bits per heavy atom. The molecule has 2 aliphatic carbocycles. The average molecular weight is 952 g/mol. The molecule has 0 atom stereocenters. The number of aryl methyl sites for hydroxylation is 6. The van der Waals surface area contributed by atoms with Crippen LogP contribution in [0, 0.1) is 41.5 Å². The smallest absolute Gasteiger partial charge is 0.252 e. The van der Waals surface area contributed by atoms with E-state index in [-0.39, 0.29) is 33.8 Å². The molecule has 72 heavy (non-hydrogen) atoms. The molecule has 4 aliphatic rings. The Kier molecular flexibility index (Phi) is 11.7. The van der Waals surface area contributed by atoms with Gasteiger partial charge in [0.05, 0.1) is 17.1 Å². The highest BCUT2D eigenvalue weighted by Gasteiger charge is 2.48. The summed E-state index contributed by atoms with van der Waals surface area (Å²) in [5, 5.41) is 0. The minimum absolute atomic E-state index is 0.00252. The quantitative estimate of drug-likeness (QED) is 0.159. The Bertz CT molecular complexity index is 3210. The van der Waals surface area contributed by atoms with Crippen LogP contribution < -0.4 is 31.1 Å². The molecule has 0 N–H and O–H groups in total. The topological polar surface area (TPSA) is 9.72 Å². The first-order valence-electron chi connectivity index (χ1n) is 27.2. The van der Waals surface area contributed by atoms with E-state index in [1.807, 2.05) is 0 Å². The lowest BCUT2D eigenvalue weighted by Crippen LogP contribution is -2.62. The summed E-state index contributed by atoms with van der Waals surface area (Å²) in [4.78, 5) is 8.00. The van der Waals surface area contributed by atoms with Crippen molar-refractivity contribution in [2.45, 2.75) is 184 Å². The number of rotatable bonds is 5. The van der Waals surface area contributed by atoms with Gasteiger partial charge in [0.1, 0.15) is 0 Å². The van der Waals surface area contributed by atoms with Crippen LogP contribution in [-0.2, 0) is 27.1 Å². The van der Waals surface area contributed by atoms with Crippen molar-refractivity contribution in [3.05, 3.63) is 170 Å². The van der Waals surface area contributed by atoms with Gasteiger partial charge in [0.15, 0.2) is 0 Å². The SMILES string of the molecule is Cc1cc(C(C)(C)C)cc(C)c1N(C1=CCCC=C1)c1ccc2c(c1)N(c1c(C)cccc1C)c1cc(C(C)(C)C)cc3c1B2c1cc2c(cc1N3c1c(C)cc(C(C)(C)C)cc1C)C(C)(C)CCC2(C)C. The number of allylic oxidation sites excluding steroid dienone is 3. The van der Waals surface area contributed by atoms with Gasteiger partial charge in [-0.3, -0.25) is 0 Å². The summed E-state index contributed by atoms with van der Waals surface area (Å²) in [5.41, 5.74) is 30.5. The summed E-state index contributed by atoms with van der Waals surface area (Å²) in [6.07, 6.45) is 11.6. The summed E-state index contributed by atoms with van der Waals surface area (Å²) in [7, 11) is 0. The van der Waals surface area contributed by atoms with Crippen LogP contribution in [0.15, 0.2) is 109 Å². The molecule has 0 unspecified atom stereocenters. The van der Waals surface area contributed by atoms with Gasteiger partial charge in [0.2, 0.25) is 0 Å². The summed E-state index contributed by atoms with van der Waals surface area (Å²) < 4.78 is 0. The molecule has 3 nitrogen and oxygen atoms in total. The lowest BCUT2D eigenvalue weighted by atomic mass is 9.33. The van der Waals surface area contributed by atoms with Crippen LogP contribution in [0.5, 0.6) is 0 Å². The molecule has 0 saturated carbocycles. The van der Waals surface area contributed by atoms with Crippen LogP contribution in [0.2, 0.25) is 0 Å². The molecular weight excluding hydrogens is 870 g/mol. The van der Waals surface area contributed by atoms with E-state index >= 15 is 0 Å². The van der Waals surface area contributed by atoms with E-state index in [2.05, 4.69) is 249 Å². The monoisotopic (exact) mass is 952 g/mol. The Morgan fingerprint density at radius 1 is 0.486 bits per heavy atom. The van der Waals surface area contributed by atoms with Gasteiger partial charge in [-0.05, 0) is 208 Å². The van der Waals surface area contributed by atoms with Crippen LogP contribution in [0.1, 0.15) is 177 Å². The summed E-state index contributed by atoms with van der Waals surface area (Å²) in [6.45, 7) is 45.2. The third-order valence-electron chi connectivity index (χ3n) is 17.2. The van der Waals surface area contributed by atoms with Crippen LogP contribution in [0.3, 0.4) is 0 Å². The Labute approximate surface area is 435 Å². The van der Waals surface area contributed by atoms with E-state index in [1.54, 1.807) is 0 Å². The standard InChI is InChI=1S/C68H82BN3/c1-41-24-23-25-42(2)61(41)71-56-38-51(70(50-26-21-20-22-27-50)62-43(3)32-47(33-44(62)4)64(7,8)9)28-29-54(56)69-55-39-52-53(68(18,19)31-30-67(52,16)17)40-57(55)72(59-37-49(66(13,14)15)36-58(71)60(59)69)63-45(5)34-48(35-46(63)6)65(10,11)12/h21,23-29,32-40H,20,22,30-31H2,1-19H3. The molecule has 2 heterocycles.